The van der Waals surface area contributed by atoms with Crippen LogP contribution in [0, 0.1) is 6.92 Å². The molecule has 0 atom stereocenters. The molecule has 0 saturated heterocycles. The minimum absolute atomic E-state index is 0.185. The molecule has 0 bridgehead atoms. The van der Waals surface area contributed by atoms with Gasteiger partial charge in [0.05, 0.1) is 18.8 Å². The summed E-state index contributed by atoms with van der Waals surface area (Å²) in [5.41, 5.74) is 2.31. The van der Waals surface area contributed by atoms with Crippen LogP contribution in [0.1, 0.15) is 42.1 Å². The number of benzene rings is 2. The summed E-state index contributed by atoms with van der Waals surface area (Å²) in [6.07, 6.45) is 1.66. The summed E-state index contributed by atoms with van der Waals surface area (Å²) in [6.45, 7) is 4.80. The molecular formula is C22H26N2O4S. The number of amides is 1. The number of aryl methyl sites for hydroxylation is 1. The molecule has 0 unspecified atom stereocenters. The zero-order chi connectivity index (χ0) is 21.1. The summed E-state index contributed by atoms with van der Waals surface area (Å²) < 4.78 is 10.7. The highest BCUT2D eigenvalue weighted by Gasteiger charge is 2.08. The molecule has 2 aromatic rings. The van der Waals surface area contributed by atoms with Gasteiger partial charge < -0.3 is 20.1 Å². The smallest absolute Gasteiger partial charge is 0.338 e. The summed E-state index contributed by atoms with van der Waals surface area (Å²) in [5, 5.41) is 5.76. The second-order valence-electron chi connectivity index (χ2n) is 6.48. The Hall–Kier alpha value is -2.93. The van der Waals surface area contributed by atoms with Gasteiger partial charge in [0, 0.05) is 12.1 Å². The molecule has 0 saturated carbocycles. The summed E-state index contributed by atoms with van der Waals surface area (Å²) in [6, 6.07) is 14.5. The molecule has 154 valence electrons. The van der Waals surface area contributed by atoms with Crippen LogP contribution >= 0.6 is 12.2 Å². The van der Waals surface area contributed by atoms with E-state index in [2.05, 4.69) is 10.6 Å². The number of carbonyl (C=O) groups excluding carboxylic acids is 2. The molecule has 0 aliphatic heterocycles. The standard InChI is InChI=1S/C22H26N2O4S/c1-3-14-28-21(26)17-8-10-18(11-9-17)23-22(29)24-20(25)5-4-15-27-19-12-6-16(2)7-13-19/h6-13H,3-5,14-15H2,1-2H3,(H2,23,24,25,29). The first-order chi connectivity index (χ1) is 14.0. The van der Waals surface area contributed by atoms with Gasteiger partial charge in [-0.2, -0.15) is 0 Å². The molecule has 6 nitrogen and oxygen atoms in total. The number of rotatable bonds is 9. The largest absolute Gasteiger partial charge is 0.494 e. The van der Waals surface area contributed by atoms with E-state index in [1.54, 1.807) is 24.3 Å². The maximum absolute atomic E-state index is 12.0. The van der Waals surface area contributed by atoms with Crippen molar-refractivity contribution < 1.29 is 19.1 Å². The van der Waals surface area contributed by atoms with Crippen molar-refractivity contribution in [2.45, 2.75) is 33.1 Å². The van der Waals surface area contributed by atoms with Gasteiger partial charge in [0.25, 0.3) is 0 Å². The number of ether oxygens (including phenoxy) is 2. The summed E-state index contributed by atoms with van der Waals surface area (Å²) in [4.78, 5) is 23.8. The van der Waals surface area contributed by atoms with Crippen molar-refractivity contribution in [1.82, 2.24) is 5.32 Å². The van der Waals surface area contributed by atoms with Crippen molar-refractivity contribution in [3.63, 3.8) is 0 Å². The molecule has 2 aromatic carbocycles. The minimum Gasteiger partial charge on any atom is -0.494 e. The van der Waals surface area contributed by atoms with Crippen molar-refractivity contribution >= 4 is 34.9 Å². The summed E-state index contributed by atoms with van der Waals surface area (Å²) in [7, 11) is 0. The lowest BCUT2D eigenvalue weighted by molar-refractivity contribution is -0.119. The van der Waals surface area contributed by atoms with Crippen LogP contribution in [0.5, 0.6) is 5.75 Å². The van der Waals surface area contributed by atoms with E-state index in [-0.39, 0.29) is 17.0 Å². The minimum atomic E-state index is -0.359. The second-order valence-corrected chi connectivity index (χ2v) is 6.89. The lowest BCUT2D eigenvalue weighted by Gasteiger charge is -2.10. The van der Waals surface area contributed by atoms with Gasteiger partial charge in [-0.1, -0.05) is 24.6 Å². The predicted octanol–water partition coefficient (Wildman–Crippen LogP) is 4.23. The molecule has 0 spiro atoms. The van der Waals surface area contributed by atoms with E-state index in [0.717, 1.165) is 12.2 Å². The highest BCUT2D eigenvalue weighted by Crippen LogP contribution is 2.12. The Morgan fingerprint density at radius 1 is 1.00 bits per heavy atom. The summed E-state index contributed by atoms with van der Waals surface area (Å²) >= 11 is 5.16. The highest BCUT2D eigenvalue weighted by molar-refractivity contribution is 7.80. The Kier molecular flexibility index (Phi) is 9.11. The van der Waals surface area contributed by atoms with Crippen molar-refractivity contribution in [3.8, 4) is 5.75 Å². The molecule has 0 aromatic heterocycles. The normalized spacial score (nSPS) is 10.1. The maximum Gasteiger partial charge on any atom is 0.338 e. The maximum atomic E-state index is 12.0. The van der Waals surface area contributed by atoms with Gasteiger partial charge in [-0.25, -0.2) is 4.79 Å². The predicted molar refractivity (Wildman–Crippen MR) is 117 cm³/mol. The first kappa shape index (κ1) is 22.4. The lowest BCUT2D eigenvalue weighted by Crippen LogP contribution is -2.34. The molecule has 7 heteroatoms. The first-order valence-electron chi connectivity index (χ1n) is 9.55. The number of anilines is 1. The number of hydrogen-bond acceptors (Lipinski definition) is 5. The van der Waals surface area contributed by atoms with Crippen LogP contribution < -0.4 is 15.4 Å². The molecule has 0 fully saturated rings. The zero-order valence-corrected chi connectivity index (χ0v) is 17.5. The van der Waals surface area contributed by atoms with E-state index in [9.17, 15) is 9.59 Å². The van der Waals surface area contributed by atoms with Crippen LogP contribution in [0.15, 0.2) is 48.5 Å². The second kappa shape index (κ2) is 11.8. The average molecular weight is 415 g/mol. The molecule has 2 rings (SSSR count). The van der Waals surface area contributed by atoms with E-state index in [4.69, 9.17) is 21.7 Å². The topological polar surface area (TPSA) is 76.7 Å². The van der Waals surface area contributed by atoms with Gasteiger partial charge in [0.2, 0.25) is 5.91 Å². The van der Waals surface area contributed by atoms with Gasteiger partial charge in [-0.05, 0) is 68.4 Å². The Bertz CT molecular complexity index is 820. The summed E-state index contributed by atoms with van der Waals surface area (Å²) in [5.74, 6) is 0.243. The number of hydrogen-bond donors (Lipinski definition) is 2. The zero-order valence-electron chi connectivity index (χ0n) is 16.7. The average Bonchev–Trinajstić information content (AvgIpc) is 2.71. The molecule has 0 aliphatic rings. The van der Waals surface area contributed by atoms with Crippen LogP contribution in [-0.4, -0.2) is 30.2 Å². The fraction of sp³-hybridized carbons (Fsp3) is 0.318. The van der Waals surface area contributed by atoms with Gasteiger partial charge >= 0.3 is 5.97 Å². The van der Waals surface area contributed by atoms with Crippen LogP contribution in [-0.2, 0) is 9.53 Å². The van der Waals surface area contributed by atoms with Gasteiger partial charge in [0.15, 0.2) is 5.11 Å². The Labute approximate surface area is 176 Å². The Balaban J connectivity index is 1.68. The third-order valence-electron chi connectivity index (χ3n) is 3.91. The van der Waals surface area contributed by atoms with E-state index >= 15 is 0 Å². The number of thiocarbonyl (C=S) groups is 1. The lowest BCUT2D eigenvalue weighted by atomic mass is 10.2. The van der Waals surface area contributed by atoms with Crippen molar-refractivity contribution in [3.05, 3.63) is 59.7 Å². The van der Waals surface area contributed by atoms with Crippen LogP contribution in [0.4, 0.5) is 5.69 Å². The van der Waals surface area contributed by atoms with Gasteiger partial charge in [-0.15, -0.1) is 0 Å². The third-order valence-corrected chi connectivity index (χ3v) is 4.11. The molecule has 2 N–H and O–H groups in total. The van der Waals surface area contributed by atoms with Crippen LogP contribution in [0.3, 0.4) is 0 Å². The molecule has 29 heavy (non-hydrogen) atoms. The van der Waals surface area contributed by atoms with Crippen LogP contribution in [0.25, 0.3) is 0 Å². The number of nitrogens with one attached hydrogen (secondary N) is 2. The SMILES string of the molecule is CCCOC(=O)c1ccc(NC(=S)NC(=O)CCCOc2ccc(C)cc2)cc1. The Morgan fingerprint density at radius 3 is 2.34 bits per heavy atom. The molecule has 1 amide bonds. The molecule has 0 heterocycles. The Morgan fingerprint density at radius 2 is 1.69 bits per heavy atom. The molecule has 0 aliphatic carbocycles. The van der Waals surface area contributed by atoms with E-state index in [1.807, 2.05) is 38.1 Å². The van der Waals surface area contributed by atoms with E-state index in [0.29, 0.717) is 37.3 Å². The van der Waals surface area contributed by atoms with Crippen LogP contribution in [0.2, 0.25) is 0 Å². The third kappa shape index (κ3) is 8.31. The number of esters is 1. The van der Waals surface area contributed by atoms with E-state index < -0.39 is 0 Å². The van der Waals surface area contributed by atoms with Gasteiger partial charge in [0.1, 0.15) is 5.75 Å². The van der Waals surface area contributed by atoms with Crippen molar-refractivity contribution in [1.29, 1.82) is 0 Å². The first-order valence-corrected chi connectivity index (χ1v) is 9.96. The monoisotopic (exact) mass is 414 g/mol. The molecular weight excluding hydrogens is 388 g/mol. The van der Waals surface area contributed by atoms with E-state index in [1.165, 1.54) is 5.56 Å². The number of carbonyl (C=O) groups is 2. The fourth-order valence-electron chi connectivity index (χ4n) is 2.38. The quantitative estimate of drug-likeness (QED) is 0.363. The molecule has 0 radical (unpaired) electrons. The van der Waals surface area contributed by atoms with Gasteiger partial charge in [-0.3, -0.25) is 4.79 Å². The van der Waals surface area contributed by atoms with Crippen molar-refractivity contribution in [2.24, 2.45) is 0 Å². The van der Waals surface area contributed by atoms with Crippen molar-refractivity contribution in [2.75, 3.05) is 18.5 Å². The fourth-order valence-corrected chi connectivity index (χ4v) is 2.61. The highest BCUT2D eigenvalue weighted by atomic mass is 32.1.